The van der Waals surface area contributed by atoms with Crippen molar-refractivity contribution in [3.63, 3.8) is 0 Å². The molecule has 3 rings (SSSR count). The largest absolute Gasteiger partial charge is 0.476 e. The first-order valence-corrected chi connectivity index (χ1v) is 11.0. The number of aryl methyl sites for hydroxylation is 1. The molecule has 1 heterocycles. The van der Waals surface area contributed by atoms with Gasteiger partial charge in [0, 0.05) is 21.2 Å². The van der Waals surface area contributed by atoms with Gasteiger partial charge in [-0.2, -0.15) is 18.2 Å². The zero-order valence-electron chi connectivity index (χ0n) is 17.0. The van der Waals surface area contributed by atoms with E-state index in [0.29, 0.717) is 16.7 Å². The predicted molar refractivity (Wildman–Crippen MR) is 120 cm³/mol. The first-order chi connectivity index (χ1) is 15.0. The highest BCUT2D eigenvalue weighted by Crippen LogP contribution is 2.48. The number of nitrogens with zero attached hydrogens (tertiary/aromatic N) is 1. The molecule has 2 aromatic carbocycles. The van der Waals surface area contributed by atoms with Crippen molar-refractivity contribution >= 4 is 51.8 Å². The van der Waals surface area contributed by atoms with Gasteiger partial charge in [-0.1, -0.05) is 41.0 Å². The van der Waals surface area contributed by atoms with Gasteiger partial charge in [0.15, 0.2) is 0 Å². The van der Waals surface area contributed by atoms with Crippen LogP contribution in [0.4, 0.5) is 13.2 Å². The van der Waals surface area contributed by atoms with Gasteiger partial charge >= 0.3 is 6.18 Å². The fourth-order valence-corrected chi connectivity index (χ4v) is 4.01. The van der Waals surface area contributed by atoms with E-state index in [9.17, 15) is 18.0 Å². The minimum atomic E-state index is -4.82. The Bertz CT molecular complexity index is 1100. The summed E-state index contributed by atoms with van der Waals surface area (Å²) in [6.07, 6.45) is -2.19. The maximum atomic E-state index is 14.1. The van der Waals surface area contributed by atoms with Crippen LogP contribution < -0.4 is 5.48 Å². The number of carbonyl (C=O) groups excluding carboxylic acids is 1. The number of nitrogens with one attached hydrogen (secondary N) is 1. The summed E-state index contributed by atoms with van der Waals surface area (Å²) in [5.74, 6) is -0.525. The molecule has 1 amide bonds. The van der Waals surface area contributed by atoms with Gasteiger partial charge in [0.05, 0.1) is 12.8 Å². The van der Waals surface area contributed by atoms with E-state index in [-0.39, 0.29) is 26.5 Å². The highest BCUT2D eigenvalue weighted by molar-refractivity contribution is 8.13. The van der Waals surface area contributed by atoms with E-state index >= 15 is 0 Å². The quantitative estimate of drug-likeness (QED) is 0.401. The number of methoxy groups -OCH3 is 1. The molecule has 0 radical (unpaired) electrons. The van der Waals surface area contributed by atoms with Crippen LogP contribution in [0, 0.1) is 6.92 Å². The Hall–Kier alpha value is -2.20. The minimum absolute atomic E-state index is 0.0431. The molecule has 0 saturated carbocycles. The van der Waals surface area contributed by atoms with Crippen LogP contribution >= 0.6 is 35.0 Å². The molecule has 0 aromatic heterocycles. The van der Waals surface area contributed by atoms with E-state index in [1.165, 1.54) is 37.1 Å². The number of ether oxygens (including phenoxy) is 1. The van der Waals surface area contributed by atoms with Gasteiger partial charge < -0.3 is 4.74 Å². The molecule has 0 spiro atoms. The number of alkyl halides is 3. The van der Waals surface area contributed by atoms with E-state index in [0.717, 1.165) is 18.2 Å². The highest BCUT2D eigenvalue weighted by atomic mass is 35.5. The molecule has 1 N–H and O–H groups in total. The lowest BCUT2D eigenvalue weighted by Gasteiger charge is -2.28. The van der Waals surface area contributed by atoms with Crippen molar-refractivity contribution in [2.24, 2.45) is 4.99 Å². The Balaban J connectivity index is 2.02. The number of carbonyl (C=O) groups is 1. The van der Waals surface area contributed by atoms with E-state index in [4.69, 9.17) is 32.8 Å². The molecular formula is C21H17Cl2F3N2O3S. The number of aliphatic imine (C=N–C) groups is 1. The normalized spacial score (nSPS) is 18.9. The van der Waals surface area contributed by atoms with Crippen molar-refractivity contribution in [3.8, 4) is 0 Å². The molecular weight excluding hydrogens is 488 g/mol. The molecule has 1 aliphatic rings. The third-order valence-electron chi connectivity index (χ3n) is 4.69. The zero-order valence-corrected chi connectivity index (χ0v) is 19.3. The van der Waals surface area contributed by atoms with Crippen molar-refractivity contribution in [3.05, 3.63) is 74.8 Å². The summed E-state index contributed by atoms with van der Waals surface area (Å²) in [4.78, 5) is 21.3. The van der Waals surface area contributed by atoms with Crippen LogP contribution in [0.2, 0.25) is 10.0 Å². The number of hydrogen-bond acceptors (Lipinski definition) is 5. The second-order valence-corrected chi connectivity index (χ2v) is 8.40. The van der Waals surface area contributed by atoms with Crippen LogP contribution in [-0.2, 0) is 15.2 Å². The SMILES string of the molecule is COC(=NC(=O)c1ccc(C2=CC(c3cc(Cl)cc(Cl)c3)(C(F)(F)F)ON2)cc1C)SC. The number of halogens is 5. The second-order valence-electron chi connectivity index (χ2n) is 6.77. The van der Waals surface area contributed by atoms with Gasteiger partial charge in [-0.3, -0.25) is 15.1 Å². The lowest BCUT2D eigenvalue weighted by atomic mass is 9.91. The van der Waals surface area contributed by atoms with E-state index in [1.54, 1.807) is 19.2 Å². The van der Waals surface area contributed by atoms with Crippen LogP contribution in [0.3, 0.4) is 0 Å². The third kappa shape index (κ3) is 4.76. The van der Waals surface area contributed by atoms with Crippen LogP contribution in [-0.4, -0.2) is 30.7 Å². The van der Waals surface area contributed by atoms with Crippen molar-refractivity contribution in [1.29, 1.82) is 0 Å². The Morgan fingerprint density at radius 2 is 1.84 bits per heavy atom. The Morgan fingerprint density at radius 1 is 1.19 bits per heavy atom. The van der Waals surface area contributed by atoms with E-state index in [1.807, 2.05) is 0 Å². The molecule has 5 nitrogen and oxygen atoms in total. The molecule has 1 aliphatic heterocycles. The van der Waals surface area contributed by atoms with Gasteiger partial charge in [0.2, 0.25) is 5.60 Å². The van der Waals surface area contributed by atoms with Crippen molar-refractivity contribution in [2.75, 3.05) is 13.4 Å². The molecule has 0 fully saturated rings. The summed E-state index contributed by atoms with van der Waals surface area (Å²) in [7, 11) is 1.40. The predicted octanol–water partition coefficient (Wildman–Crippen LogP) is 6.14. The topological polar surface area (TPSA) is 59.9 Å². The molecule has 0 aliphatic carbocycles. The Labute approximate surface area is 196 Å². The van der Waals surface area contributed by atoms with Gasteiger partial charge in [-0.25, -0.2) is 0 Å². The monoisotopic (exact) mass is 504 g/mol. The van der Waals surface area contributed by atoms with Crippen LogP contribution in [0.5, 0.6) is 0 Å². The minimum Gasteiger partial charge on any atom is -0.476 e. The van der Waals surface area contributed by atoms with Crippen molar-refractivity contribution in [1.82, 2.24) is 5.48 Å². The standard InChI is InChI=1S/C21H17Cl2F3N2O3S/c1-11-6-12(4-5-16(11)18(29)27-19(30-2)32-3)17-10-20(31-28-17,21(24,25)26)13-7-14(22)9-15(23)8-13/h4-10,28H,1-3H3. The summed E-state index contributed by atoms with van der Waals surface area (Å²) in [5.41, 5.74) is 0.560. The van der Waals surface area contributed by atoms with Crippen LogP contribution in [0.15, 0.2) is 47.5 Å². The molecule has 1 unspecified atom stereocenters. The van der Waals surface area contributed by atoms with Crippen molar-refractivity contribution < 1.29 is 27.5 Å². The number of hydroxylamine groups is 1. The molecule has 1 atom stereocenters. The number of rotatable bonds is 3. The fraction of sp³-hybridized carbons (Fsp3) is 0.238. The number of thioether (sulfide) groups is 1. The summed E-state index contributed by atoms with van der Waals surface area (Å²) >= 11 is 13.0. The number of hydrogen-bond donors (Lipinski definition) is 1. The van der Waals surface area contributed by atoms with Gasteiger partial charge in [-0.05, 0) is 60.7 Å². The number of amides is 1. The Kier molecular flexibility index (Phi) is 7.14. The average molecular weight is 505 g/mol. The first kappa shape index (κ1) is 24.4. The fourth-order valence-electron chi connectivity index (χ4n) is 3.14. The van der Waals surface area contributed by atoms with Gasteiger partial charge in [0.1, 0.15) is 0 Å². The Morgan fingerprint density at radius 3 is 2.38 bits per heavy atom. The lowest BCUT2D eigenvalue weighted by molar-refractivity contribution is -0.269. The maximum absolute atomic E-state index is 14.1. The molecule has 32 heavy (non-hydrogen) atoms. The molecule has 2 aromatic rings. The summed E-state index contributed by atoms with van der Waals surface area (Å²) in [6.45, 7) is 1.65. The molecule has 0 bridgehead atoms. The van der Waals surface area contributed by atoms with E-state index in [2.05, 4.69) is 10.5 Å². The average Bonchev–Trinajstić information content (AvgIpc) is 3.18. The highest BCUT2D eigenvalue weighted by Gasteiger charge is 2.59. The third-order valence-corrected chi connectivity index (χ3v) is 5.74. The zero-order chi connectivity index (χ0) is 23.7. The summed E-state index contributed by atoms with van der Waals surface area (Å²) < 4.78 is 47.4. The molecule has 11 heteroatoms. The molecule has 170 valence electrons. The van der Waals surface area contributed by atoms with Crippen LogP contribution in [0.25, 0.3) is 5.70 Å². The second kappa shape index (κ2) is 9.35. The smallest absolute Gasteiger partial charge is 0.428 e. The lowest BCUT2D eigenvalue weighted by Crippen LogP contribution is -2.42. The summed E-state index contributed by atoms with van der Waals surface area (Å²) in [5, 5.41) is 0.283. The maximum Gasteiger partial charge on any atom is 0.428 e. The first-order valence-electron chi connectivity index (χ1n) is 9.03. The van der Waals surface area contributed by atoms with E-state index < -0.39 is 17.7 Å². The summed E-state index contributed by atoms with van der Waals surface area (Å²) in [6, 6.07) is 8.17. The van der Waals surface area contributed by atoms with Gasteiger partial charge in [0.25, 0.3) is 11.1 Å². The van der Waals surface area contributed by atoms with Gasteiger partial charge in [-0.15, -0.1) is 0 Å². The van der Waals surface area contributed by atoms with Crippen molar-refractivity contribution in [2.45, 2.75) is 18.7 Å². The molecule has 0 saturated heterocycles. The number of benzene rings is 2. The van der Waals surface area contributed by atoms with Crippen LogP contribution in [0.1, 0.15) is 27.0 Å².